The van der Waals surface area contributed by atoms with Gasteiger partial charge in [0.15, 0.2) is 0 Å². The van der Waals surface area contributed by atoms with Crippen molar-refractivity contribution in [3.8, 4) is 12.1 Å². The minimum absolute atomic E-state index is 0.0373. The highest BCUT2D eigenvalue weighted by atomic mass is 32.2. The first-order chi connectivity index (χ1) is 8.44. The third kappa shape index (κ3) is 3.07. The molecule has 0 aliphatic rings. The van der Waals surface area contributed by atoms with Gasteiger partial charge < -0.3 is 0 Å². The molecule has 0 saturated heterocycles. The van der Waals surface area contributed by atoms with Crippen molar-refractivity contribution >= 4 is 10.0 Å². The summed E-state index contributed by atoms with van der Waals surface area (Å²) in [7, 11) is -3.77. The Morgan fingerprint density at radius 1 is 1.39 bits per heavy atom. The molecule has 0 aliphatic heterocycles. The molecule has 1 N–H and O–H groups in total. The molecule has 1 aromatic rings. The largest absolute Gasteiger partial charge is 0.242 e. The third-order valence-corrected chi connectivity index (χ3v) is 4.08. The molecule has 0 aromatic heterocycles. The smallest absolute Gasteiger partial charge is 0.207 e. The Hall–Kier alpha value is -1.89. The van der Waals surface area contributed by atoms with E-state index in [2.05, 4.69) is 4.72 Å². The second-order valence-electron chi connectivity index (χ2n) is 3.80. The molecule has 0 saturated carbocycles. The lowest BCUT2D eigenvalue weighted by atomic mass is 10.2. The van der Waals surface area contributed by atoms with Gasteiger partial charge in [0.05, 0.1) is 22.6 Å². The summed E-state index contributed by atoms with van der Waals surface area (Å²) in [5, 5.41) is 17.6. The van der Waals surface area contributed by atoms with Crippen molar-refractivity contribution in [2.75, 3.05) is 0 Å². The van der Waals surface area contributed by atoms with Crippen molar-refractivity contribution in [2.24, 2.45) is 0 Å². The standard InChI is InChI=1S/C12H13N3O2S/c1-3-11(8-14)15-18(16,17)12-6-10(7-13)5-4-9(12)2/h4-6,11,15H,3H2,1-2H3. The molecular formula is C12H13N3O2S. The molecule has 18 heavy (non-hydrogen) atoms. The van der Waals surface area contributed by atoms with Crippen molar-refractivity contribution < 1.29 is 8.42 Å². The van der Waals surface area contributed by atoms with E-state index in [0.717, 1.165) is 0 Å². The average Bonchev–Trinajstić information content (AvgIpc) is 2.36. The molecule has 0 aliphatic carbocycles. The summed E-state index contributed by atoms with van der Waals surface area (Å²) >= 11 is 0. The zero-order valence-corrected chi connectivity index (χ0v) is 11.0. The summed E-state index contributed by atoms with van der Waals surface area (Å²) in [5.41, 5.74) is 0.806. The van der Waals surface area contributed by atoms with Crippen LogP contribution < -0.4 is 4.72 Å². The topological polar surface area (TPSA) is 93.8 Å². The number of sulfonamides is 1. The van der Waals surface area contributed by atoms with Gasteiger partial charge in [0.1, 0.15) is 6.04 Å². The number of benzene rings is 1. The maximum atomic E-state index is 12.1. The summed E-state index contributed by atoms with van der Waals surface area (Å²) in [6, 6.07) is 7.43. The number of hydrogen-bond donors (Lipinski definition) is 1. The van der Waals surface area contributed by atoms with Crippen LogP contribution >= 0.6 is 0 Å². The fourth-order valence-corrected chi connectivity index (χ4v) is 2.91. The highest BCUT2D eigenvalue weighted by Crippen LogP contribution is 2.17. The van der Waals surface area contributed by atoms with Crippen LogP contribution in [0.5, 0.6) is 0 Å². The first-order valence-electron chi connectivity index (χ1n) is 5.37. The van der Waals surface area contributed by atoms with Crippen LogP contribution in [0, 0.1) is 29.6 Å². The molecule has 1 aromatic carbocycles. The van der Waals surface area contributed by atoms with Gasteiger partial charge in [-0.15, -0.1) is 0 Å². The zero-order chi connectivity index (χ0) is 13.8. The van der Waals surface area contributed by atoms with Gasteiger partial charge in [-0.2, -0.15) is 15.2 Å². The lowest BCUT2D eigenvalue weighted by Gasteiger charge is -2.12. The predicted molar refractivity (Wildman–Crippen MR) is 65.9 cm³/mol. The van der Waals surface area contributed by atoms with Crippen LogP contribution in [0.15, 0.2) is 23.1 Å². The second-order valence-corrected chi connectivity index (χ2v) is 5.49. The monoisotopic (exact) mass is 263 g/mol. The molecule has 0 fully saturated rings. The molecule has 0 radical (unpaired) electrons. The van der Waals surface area contributed by atoms with E-state index in [-0.39, 0.29) is 10.5 Å². The quantitative estimate of drug-likeness (QED) is 0.889. The Kier molecular flexibility index (Phi) is 4.43. The number of nitriles is 2. The number of hydrogen-bond acceptors (Lipinski definition) is 4. The maximum Gasteiger partial charge on any atom is 0.242 e. The van der Waals surface area contributed by atoms with Gasteiger partial charge in [0.2, 0.25) is 10.0 Å². The highest BCUT2D eigenvalue weighted by Gasteiger charge is 2.21. The molecular weight excluding hydrogens is 250 g/mol. The first-order valence-corrected chi connectivity index (χ1v) is 6.85. The van der Waals surface area contributed by atoms with Crippen LogP contribution in [-0.2, 0) is 10.0 Å². The van der Waals surface area contributed by atoms with Gasteiger partial charge in [0.25, 0.3) is 0 Å². The van der Waals surface area contributed by atoms with Crippen LogP contribution in [-0.4, -0.2) is 14.5 Å². The summed E-state index contributed by atoms with van der Waals surface area (Å²) < 4.78 is 26.5. The van der Waals surface area contributed by atoms with Crippen LogP contribution in [0.3, 0.4) is 0 Å². The zero-order valence-electron chi connectivity index (χ0n) is 10.1. The third-order valence-electron chi connectivity index (χ3n) is 2.47. The average molecular weight is 263 g/mol. The Bertz CT molecular complexity index is 624. The van der Waals surface area contributed by atoms with Gasteiger partial charge >= 0.3 is 0 Å². The van der Waals surface area contributed by atoms with Crippen molar-refractivity contribution in [3.05, 3.63) is 29.3 Å². The number of nitrogens with one attached hydrogen (secondary N) is 1. The molecule has 1 atom stereocenters. The van der Waals surface area contributed by atoms with Gasteiger partial charge in [-0.25, -0.2) is 8.42 Å². The van der Waals surface area contributed by atoms with E-state index in [4.69, 9.17) is 10.5 Å². The Balaban J connectivity index is 3.21. The second kappa shape index (κ2) is 5.63. The fourth-order valence-electron chi connectivity index (χ4n) is 1.41. The molecule has 1 unspecified atom stereocenters. The maximum absolute atomic E-state index is 12.1. The van der Waals surface area contributed by atoms with E-state index in [1.807, 2.05) is 12.1 Å². The normalized spacial score (nSPS) is 12.4. The molecule has 6 heteroatoms. The van der Waals surface area contributed by atoms with Crippen molar-refractivity contribution in [3.63, 3.8) is 0 Å². The van der Waals surface area contributed by atoms with Crippen LogP contribution in [0.2, 0.25) is 0 Å². The lowest BCUT2D eigenvalue weighted by molar-refractivity contribution is 0.569. The Morgan fingerprint density at radius 3 is 2.56 bits per heavy atom. The number of rotatable bonds is 4. The first kappa shape index (κ1) is 14.2. The van der Waals surface area contributed by atoms with Crippen LogP contribution in [0.25, 0.3) is 0 Å². The summed E-state index contributed by atoms with van der Waals surface area (Å²) in [4.78, 5) is 0.0373. The van der Waals surface area contributed by atoms with E-state index in [9.17, 15) is 8.42 Å². The summed E-state index contributed by atoms with van der Waals surface area (Å²) in [6.07, 6.45) is 0.382. The van der Waals surface area contributed by atoms with E-state index < -0.39 is 16.1 Å². The molecule has 0 heterocycles. The molecule has 0 spiro atoms. The number of nitrogens with zero attached hydrogens (tertiary/aromatic N) is 2. The number of aryl methyl sites for hydroxylation is 1. The Morgan fingerprint density at radius 2 is 2.06 bits per heavy atom. The SMILES string of the molecule is CCC(C#N)NS(=O)(=O)c1cc(C#N)ccc1C. The highest BCUT2D eigenvalue weighted by molar-refractivity contribution is 7.89. The van der Waals surface area contributed by atoms with Crippen molar-refractivity contribution in [1.29, 1.82) is 10.5 Å². The van der Waals surface area contributed by atoms with Crippen molar-refractivity contribution in [1.82, 2.24) is 4.72 Å². The molecule has 5 nitrogen and oxygen atoms in total. The molecule has 0 amide bonds. The predicted octanol–water partition coefficient (Wildman–Crippen LogP) is 1.45. The van der Waals surface area contributed by atoms with E-state index in [1.54, 1.807) is 26.0 Å². The van der Waals surface area contributed by atoms with Gasteiger partial charge in [-0.3, -0.25) is 0 Å². The molecule has 94 valence electrons. The lowest BCUT2D eigenvalue weighted by Crippen LogP contribution is -2.33. The van der Waals surface area contributed by atoms with Crippen molar-refractivity contribution in [2.45, 2.75) is 31.2 Å². The van der Waals surface area contributed by atoms with Gasteiger partial charge in [-0.05, 0) is 31.0 Å². The van der Waals surface area contributed by atoms with Crippen LogP contribution in [0.1, 0.15) is 24.5 Å². The minimum Gasteiger partial charge on any atom is -0.207 e. The molecule has 0 bridgehead atoms. The van der Waals surface area contributed by atoms with E-state index >= 15 is 0 Å². The minimum atomic E-state index is -3.77. The van der Waals surface area contributed by atoms with Crippen LogP contribution in [0.4, 0.5) is 0 Å². The van der Waals surface area contributed by atoms with Gasteiger partial charge in [0, 0.05) is 0 Å². The van der Waals surface area contributed by atoms with Gasteiger partial charge in [-0.1, -0.05) is 13.0 Å². The van der Waals surface area contributed by atoms with E-state index in [1.165, 1.54) is 6.07 Å². The molecule has 1 rings (SSSR count). The van der Waals surface area contributed by atoms with E-state index in [0.29, 0.717) is 12.0 Å². The Labute approximate surface area is 107 Å². The summed E-state index contributed by atoms with van der Waals surface area (Å²) in [6.45, 7) is 3.36. The fraction of sp³-hybridized carbons (Fsp3) is 0.333. The summed E-state index contributed by atoms with van der Waals surface area (Å²) in [5.74, 6) is 0.